The Morgan fingerprint density at radius 2 is 1.85 bits per heavy atom. The highest BCUT2D eigenvalue weighted by Gasteiger charge is 2.11. The van der Waals surface area contributed by atoms with Gasteiger partial charge >= 0.3 is 11.7 Å². The Balaban J connectivity index is 1.68. The number of nitrogens with zero attached hydrogens (tertiary/aromatic N) is 2. The summed E-state index contributed by atoms with van der Waals surface area (Å²) in [7, 11) is 1.68. The van der Waals surface area contributed by atoms with Crippen molar-refractivity contribution in [3.63, 3.8) is 0 Å². The Hall–Kier alpha value is -3.67. The van der Waals surface area contributed by atoms with Crippen molar-refractivity contribution in [3.05, 3.63) is 82.9 Å². The standard InChI is InChI=1S/C20H15N3O3/c1-23-17-11-15(12-21-18(17)22-20(23)25)13-6-5-7-14(10-13)19(24)26-16-8-3-2-4-9-16/h2-12H,1H3,(H,21,22,25). The minimum Gasteiger partial charge on any atom is -0.423 e. The first-order valence-electron chi connectivity index (χ1n) is 8.04. The van der Waals surface area contributed by atoms with Gasteiger partial charge in [0.2, 0.25) is 0 Å². The molecule has 0 bridgehead atoms. The van der Waals surface area contributed by atoms with Crippen molar-refractivity contribution in [2.75, 3.05) is 0 Å². The Labute approximate surface area is 148 Å². The monoisotopic (exact) mass is 345 g/mol. The molecule has 0 unspecified atom stereocenters. The fourth-order valence-electron chi connectivity index (χ4n) is 2.74. The number of aromatic amines is 1. The van der Waals surface area contributed by atoms with Crippen LogP contribution in [0, 0.1) is 0 Å². The fourth-order valence-corrected chi connectivity index (χ4v) is 2.74. The van der Waals surface area contributed by atoms with Crippen LogP contribution in [0.1, 0.15) is 10.4 Å². The normalized spacial score (nSPS) is 10.8. The quantitative estimate of drug-likeness (QED) is 0.457. The number of benzene rings is 2. The van der Waals surface area contributed by atoms with E-state index in [2.05, 4.69) is 9.97 Å². The maximum absolute atomic E-state index is 12.4. The van der Waals surface area contributed by atoms with Crippen LogP contribution in [0.25, 0.3) is 22.3 Å². The molecule has 0 saturated carbocycles. The van der Waals surface area contributed by atoms with Crippen LogP contribution in [0.15, 0.2) is 71.7 Å². The number of H-pyrrole nitrogens is 1. The van der Waals surface area contributed by atoms with Gasteiger partial charge in [0, 0.05) is 18.8 Å². The number of rotatable bonds is 3. The first kappa shape index (κ1) is 15.8. The molecule has 0 aliphatic carbocycles. The molecule has 26 heavy (non-hydrogen) atoms. The zero-order valence-corrected chi connectivity index (χ0v) is 14.0. The van der Waals surface area contributed by atoms with E-state index in [-0.39, 0.29) is 5.69 Å². The molecule has 0 aliphatic rings. The topological polar surface area (TPSA) is 77.0 Å². The van der Waals surface area contributed by atoms with E-state index >= 15 is 0 Å². The number of hydrogen-bond acceptors (Lipinski definition) is 4. The van der Waals surface area contributed by atoms with E-state index in [1.165, 1.54) is 4.57 Å². The molecule has 6 nitrogen and oxygen atoms in total. The third-order valence-corrected chi connectivity index (χ3v) is 4.14. The second-order valence-electron chi connectivity index (χ2n) is 5.86. The number of aryl methyl sites for hydroxylation is 1. The second-order valence-corrected chi connectivity index (χ2v) is 5.86. The summed E-state index contributed by atoms with van der Waals surface area (Å²) in [5.41, 5.74) is 3.07. The summed E-state index contributed by atoms with van der Waals surface area (Å²) >= 11 is 0. The maximum atomic E-state index is 12.4. The van der Waals surface area contributed by atoms with E-state index in [4.69, 9.17) is 4.74 Å². The van der Waals surface area contributed by atoms with Gasteiger partial charge in [0.15, 0.2) is 5.65 Å². The van der Waals surface area contributed by atoms with Gasteiger partial charge in [-0.2, -0.15) is 0 Å². The van der Waals surface area contributed by atoms with E-state index in [1.807, 2.05) is 18.2 Å². The molecule has 0 radical (unpaired) electrons. The van der Waals surface area contributed by atoms with Gasteiger partial charge in [-0.15, -0.1) is 0 Å². The minimum atomic E-state index is -0.430. The summed E-state index contributed by atoms with van der Waals surface area (Å²) in [6, 6.07) is 17.9. The van der Waals surface area contributed by atoms with Crippen LogP contribution in [0.4, 0.5) is 0 Å². The molecule has 0 atom stereocenters. The highest BCUT2D eigenvalue weighted by molar-refractivity contribution is 5.92. The lowest BCUT2D eigenvalue weighted by Gasteiger charge is -2.07. The molecule has 6 heteroatoms. The summed E-state index contributed by atoms with van der Waals surface area (Å²) < 4.78 is 6.88. The van der Waals surface area contributed by atoms with Crippen molar-refractivity contribution in [2.45, 2.75) is 0 Å². The van der Waals surface area contributed by atoms with Gasteiger partial charge in [0.05, 0.1) is 11.1 Å². The average Bonchev–Trinajstić information content (AvgIpc) is 2.96. The molecule has 2 heterocycles. The summed E-state index contributed by atoms with van der Waals surface area (Å²) in [5, 5.41) is 0. The summed E-state index contributed by atoms with van der Waals surface area (Å²) in [6.45, 7) is 0. The molecule has 0 aliphatic heterocycles. The number of aromatic nitrogens is 3. The third-order valence-electron chi connectivity index (χ3n) is 4.14. The van der Waals surface area contributed by atoms with E-state index in [0.717, 1.165) is 11.1 Å². The second kappa shape index (κ2) is 6.33. The van der Waals surface area contributed by atoms with Crippen LogP contribution in [-0.2, 0) is 7.05 Å². The number of esters is 1. The lowest BCUT2D eigenvalue weighted by atomic mass is 10.0. The summed E-state index contributed by atoms with van der Waals surface area (Å²) in [4.78, 5) is 31.1. The Morgan fingerprint density at radius 3 is 2.65 bits per heavy atom. The number of para-hydroxylation sites is 1. The zero-order chi connectivity index (χ0) is 18.1. The Kier molecular flexibility index (Phi) is 3.85. The molecule has 0 spiro atoms. The summed E-state index contributed by atoms with van der Waals surface area (Å²) in [5.74, 6) is 0.0643. The average molecular weight is 345 g/mol. The van der Waals surface area contributed by atoms with Crippen molar-refractivity contribution < 1.29 is 9.53 Å². The van der Waals surface area contributed by atoms with Crippen molar-refractivity contribution in [3.8, 4) is 16.9 Å². The first-order valence-corrected chi connectivity index (χ1v) is 8.04. The predicted octanol–water partition coefficient (Wildman–Crippen LogP) is 3.15. The lowest BCUT2D eigenvalue weighted by Crippen LogP contribution is -2.11. The molecular weight excluding hydrogens is 330 g/mol. The van der Waals surface area contributed by atoms with Gasteiger partial charge in [0.25, 0.3) is 0 Å². The third kappa shape index (κ3) is 2.88. The number of ether oxygens (including phenoxy) is 1. The molecule has 4 aromatic rings. The van der Waals surface area contributed by atoms with Crippen LogP contribution in [0.2, 0.25) is 0 Å². The molecule has 128 valence electrons. The van der Waals surface area contributed by atoms with Crippen LogP contribution in [0.5, 0.6) is 5.75 Å². The van der Waals surface area contributed by atoms with Crippen LogP contribution in [-0.4, -0.2) is 20.5 Å². The van der Waals surface area contributed by atoms with Crippen molar-refractivity contribution in [2.24, 2.45) is 7.05 Å². The van der Waals surface area contributed by atoms with Gasteiger partial charge in [0.1, 0.15) is 5.75 Å². The van der Waals surface area contributed by atoms with E-state index in [1.54, 1.807) is 55.7 Å². The van der Waals surface area contributed by atoms with Gasteiger partial charge < -0.3 is 4.74 Å². The number of nitrogens with one attached hydrogen (secondary N) is 1. The number of hydrogen-bond donors (Lipinski definition) is 1. The number of imidazole rings is 1. The van der Waals surface area contributed by atoms with Crippen molar-refractivity contribution in [1.29, 1.82) is 0 Å². The maximum Gasteiger partial charge on any atom is 0.343 e. The Morgan fingerprint density at radius 1 is 1.04 bits per heavy atom. The van der Waals surface area contributed by atoms with Crippen molar-refractivity contribution >= 4 is 17.1 Å². The highest BCUT2D eigenvalue weighted by atomic mass is 16.5. The van der Waals surface area contributed by atoms with E-state index < -0.39 is 5.97 Å². The number of pyridine rings is 1. The molecule has 4 rings (SSSR count). The minimum absolute atomic E-state index is 0.218. The predicted molar refractivity (Wildman–Crippen MR) is 98.2 cm³/mol. The van der Waals surface area contributed by atoms with Gasteiger partial charge in [-0.25, -0.2) is 14.6 Å². The van der Waals surface area contributed by atoms with Crippen LogP contribution in [0.3, 0.4) is 0 Å². The molecule has 0 fully saturated rings. The van der Waals surface area contributed by atoms with E-state index in [9.17, 15) is 9.59 Å². The number of fused-ring (bicyclic) bond motifs is 1. The molecule has 0 saturated heterocycles. The van der Waals surface area contributed by atoms with Gasteiger partial charge in [-0.1, -0.05) is 30.3 Å². The van der Waals surface area contributed by atoms with Crippen LogP contribution >= 0.6 is 0 Å². The first-order chi connectivity index (χ1) is 12.6. The SMILES string of the molecule is Cn1c(=O)[nH]c2ncc(-c3cccc(C(=O)Oc4ccccc4)c3)cc21. The molecule has 2 aromatic carbocycles. The van der Waals surface area contributed by atoms with Crippen LogP contribution < -0.4 is 10.4 Å². The molecule has 2 aromatic heterocycles. The molecule has 0 amide bonds. The largest absolute Gasteiger partial charge is 0.423 e. The lowest BCUT2D eigenvalue weighted by molar-refractivity contribution is 0.0735. The highest BCUT2D eigenvalue weighted by Crippen LogP contribution is 2.23. The van der Waals surface area contributed by atoms with Crippen molar-refractivity contribution in [1.82, 2.24) is 14.5 Å². The molecule has 1 N–H and O–H groups in total. The summed E-state index contributed by atoms with van der Waals surface area (Å²) in [6.07, 6.45) is 1.67. The molecular formula is C20H15N3O3. The van der Waals surface area contributed by atoms with Gasteiger partial charge in [-0.3, -0.25) is 9.55 Å². The number of carbonyl (C=O) groups excluding carboxylic acids is 1. The zero-order valence-electron chi connectivity index (χ0n) is 14.0. The smallest absolute Gasteiger partial charge is 0.343 e. The fraction of sp³-hybridized carbons (Fsp3) is 0.0500. The van der Waals surface area contributed by atoms with Gasteiger partial charge in [-0.05, 0) is 35.9 Å². The van der Waals surface area contributed by atoms with E-state index in [0.29, 0.717) is 22.5 Å². The Bertz CT molecular complexity index is 1160. The number of carbonyl (C=O) groups is 1.